The lowest BCUT2D eigenvalue weighted by Gasteiger charge is -2.05. The van der Waals surface area contributed by atoms with Crippen molar-refractivity contribution in [1.82, 2.24) is 0 Å². The van der Waals surface area contributed by atoms with Gasteiger partial charge in [-0.2, -0.15) is 0 Å². The predicted octanol–water partition coefficient (Wildman–Crippen LogP) is 2.21. The number of aliphatic hydroxyl groups is 1. The van der Waals surface area contributed by atoms with Crippen molar-refractivity contribution in [2.45, 2.75) is 58.3 Å². The molecule has 0 fully saturated rings. The van der Waals surface area contributed by atoms with Crippen molar-refractivity contribution >= 4 is 11.9 Å². The van der Waals surface area contributed by atoms with Gasteiger partial charge in [-0.05, 0) is 32.1 Å². The zero-order chi connectivity index (χ0) is 14.3. The maximum absolute atomic E-state index is 11.3. The Hall–Kier alpha value is -1.10. The van der Waals surface area contributed by atoms with Crippen molar-refractivity contribution in [2.24, 2.45) is 0 Å². The molecule has 0 aliphatic rings. The second-order valence-corrected chi connectivity index (χ2v) is 4.43. The van der Waals surface area contributed by atoms with Crippen LogP contribution < -0.4 is 0 Å². The van der Waals surface area contributed by atoms with E-state index in [-0.39, 0.29) is 18.5 Å². The highest BCUT2D eigenvalue weighted by Gasteiger charge is 2.05. The van der Waals surface area contributed by atoms with Crippen LogP contribution in [0.1, 0.15) is 58.3 Å². The minimum Gasteiger partial charge on any atom is -0.466 e. The first-order chi connectivity index (χ1) is 9.20. The second-order valence-electron chi connectivity index (χ2n) is 4.43. The summed E-state index contributed by atoms with van der Waals surface area (Å²) in [7, 11) is 0. The summed E-state index contributed by atoms with van der Waals surface area (Å²) in [6.45, 7) is 3.01. The third-order valence-electron chi connectivity index (χ3n) is 2.59. The van der Waals surface area contributed by atoms with Crippen molar-refractivity contribution in [1.29, 1.82) is 0 Å². The molecule has 0 radical (unpaired) electrons. The molecule has 0 spiro atoms. The third-order valence-corrected chi connectivity index (χ3v) is 2.59. The molecule has 19 heavy (non-hydrogen) atoms. The Morgan fingerprint density at radius 1 is 0.842 bits per heavy atom. The van der Waals surface area contributed by atoms with Crippen LogP contribution in [0.25, 0.3) is 0 Å². The molecule has 0 heterocycles. The molecular formula is C14H26O5. The summed E-state index contributed by atoms with van der Waals surface area (Å²) in [6.07, 6.45) is 5.23. The van der Waals surface area contributed by atoms with Crippen molar-refractivity contribution < 1.29 is 24.2 Å². The molecule has 0 atom stereocenters. The average Bonchev–Trinajstić information content (AvgIpc) is 2.40. The molecule has 5 nitrogen and oxygen atoms in total. The summed E-state index contributed by atoms with van der Waals surface area (Å²) in [5.41, 5.74) is 0. The minimum atomic E-state index is -0.239. The Bertz CT molecular complexity index is 240. The Kier molecular flexibility index (Phi) is 12.6. The number of hydrogen-bond acceptors (Lipinski definition) is 5. The lowest BCUT2D eigenvalue weighted by Crippen LogP contribution is -2.08. The van der Waals surface area contributed by atoms with E-state index in [2.05, 4.69) is 0 Å². The Labute approximate surface area is 115 Å². The van der Waals surface area contributed by atoms with Gasteiger partial charge < -0.3 is 14.6 Å². The topological polar surface area (TPSA) is 72.8 Å². The predicted molar refractivity (Wildman–Crippen MR) is 71.6 cm³/mol. The summed E-state index contributed by atoms with van der Waals surface area (Å²) < 4.78 is 9.97. The summed E-state index contributed by atoms with van der Waals surface area (Å²) in [6, 6.07) is 0. The molecule has 0 bridgehead atoms. The smallest absolute Gasteiger partial charge is 0.305 e. The van der Waals surface area contributed by atoms with E-state index in [9.17, 15) is 9.59 Å². The first kappa shape index (κ1) is 17.9. The molecule has 0 saturated heterocycles. The summed E-state index contributed by atoms with van der Waals surface area (Å²) in [5.74, 6) is -0.429. The monoisotopic (exact) mass is 274 g/mol. The molecule has 0 rings (SSSR count). The highest BCUT2D eigenvalue weighted by atomic mass is 16.5. The zero-order valence-corrected chi connectivity index (χ0v) is 11.9. The molecule has 0 amide bonds. The van der Waals surface area contributed by atoms with E-state index >= 15 is 0 Å². The minimum absolute atomic E-state index is 0.123. The van der Waals surface area contributed by atoms with Gasteiger partial charge in [0.1, 0.15) is 0 Å². The number of carbonyl (C=O) groups excluding carboxylic acids is 2. The standard InChI is InChI=1S/C14H26O5/c1-2-3-11-18-13(16)8-4-5-9-14(17)19-12-7-6-10-15/h15H,2-12H2,1H3. The molecule has 1 N–H and O–H groups in total. The third kappa shape index (κ3) is 13.1. The van der Waals surface area contributed by atoms with Gasteiger partial charge in [-0.25, -0.2) is 0 Å². The van der Waals surface area contributed by atoms with Crippen LogP contribution in [-0.2, 0) is 19.1 Å². The second kappa shape index (κ2) is 13.3. The molecule has 0 unspecified atom stereocenters. The van der Waals surface area contributed by atoms with E-state index in [1.165, 1.54) is 0 Å². The van der Waals surface area contributed by atoms with Gasteiger partial charge in [0.25, 0.3) is 0 Å². The van der Waals surface area contributed by atoms with E-state index in [0.29, 0.717) is 51.7 Å². The number of aliphatic hydroxyl groups excluding tert-OH is 1. The molecule has 112 valence electrons. The van der Waals surface area contributed by atoms with Gasteiger partial charge in [0.2, 0.25) is 0 Å². The van der Waals surface area contributed by atoms with Crippen LogP contribution in [0.4, 0.5) is 0 Å². The fraction of sp³-hybridized carbons (Fsp3) is 0.857. The Morgan fingerprint density at radius 2 is 1.37 bits per heavy atom. The van der Waals surface area contributed by atoms with Gasteiger partial charge in [0, 0.05) is 19.4 Å². The van der Waals surface area contributed by atoms with Crippen molar-refractivity contribution in [3.63, 3.8) is 0 Å². The number of esters is 2. The largest absolute Gasteiger partial charge is 0.466 e. The maximum atomic E-state index is 11.3. The van der Waals surface area contributed by atoms with E-state index in [0.717, 1.165) is 12.8 Å². The zero-order valence-electron chi connectivity index (χ0n) is 11.9. The van der Waals surface area contributed by atoms with Gasteiger partial charge >= 0.3 is 11.9 Å². The van der Waals surface area contributed by atoms with Gasteiger partial charge in [0.15, 0.2) is 0 Å². The first-order valence-electron chi connectivity index (χ1n) is 7.12. The first-order valence-corrected chi connectivity index (χ1v) is 7.12. The Morgan fingerprint density at radius 3 is 1.84 bits per heavy atom. The molecule has 0 aromatic carbocycles. The number of ether oxygens (including phenoxy) is 2. The number of hydrogen-bond donors (Lipinski definition) is 1. The van der Waals surface area contributed by atoms with E-state index < -0.39 is 0 Å². The molecule has 5 heteroatoms. The highest BCUT2D eigenvalue weighted by Crippen LogP contribution is 2.04. The lowest BCUT2D eigenvalue weighted by molar-refractivity contribution is -0.146. The molecule has 0 aliphatic carbocycles. The van der Waals surface area contributed by atoms with Crippen LogP contribution >= 0.6 is 0 Å². The molecule has 0 saturated carbocycles. The number of unbranched alkanes of at least 4 members (excludes halogenated alkanes) is 3. The van der Waals surface area contributed by atoms with Crippen molar-refractivity contribution in [3.8, 4) is 0 Å². The maximum Gasteiger partial charge on any atom is 0.305 e. The van der Waals surface area contributed by atoms with Crippen LogP contribution in [0.2, 0.25) is 0 Å². The van der Waals surface area contributed by atoms with E-state index in [1.54, 1.807) is 0 Å². The average molecular weight is 274 g/mol. The van der Waals surface area contributed by atoms with Crippen LogP contribution in [-0.4, -0.2) is 36.9 Å². The number of rotatable bonds is 12. The van der Waals surface area contributed by atoms with Gasteiger partial charge in [-0.15, -0.1) is 0 Å². The van der Waals surface area contributed by atoms with E-state index in [1.807, 2.05) is 6.92 Å². The summed E-state index contributed by atoms with van der Waals surface area (Å²) in [5, 5.41) is 8.55. The fourth-order valence-corrected chi connectivity index (χ4v) is 1.41. The molecule has 0 aromatic rings. The lowest BCUT2D eigenvalue weighted by atomic mass is 10.2. The van der Waals surface area contributed by atoms with Crippen molar-refractivity contribution in [2.75, 3.05) is 19.8 Å². The van der Waals surface area contributed by atoms with Gasteiger partial charge in [-0.3, -0.25) is 9.59 Å². The van der Waals surface area contributed by atoms with Gasteiger partial charge in [0.05, 0.1) is 13.2 Å². The summed E-state index contributed by atoms with van der Waals surface area (Å²) >= 11 is 0. The van der Waals surface area contributed by atoms with Crippen LogP contribution in [0, 0.1) is 0 Å². The van der Waals surface area contributed by atoms with Crippen LogP contribution in [0.15, 0.2) is 0 Å². The summed E-state index contributed by atoms with van der Waals surface area (Å²) in [4.78, 5) is 22.5. The SMILES string of the molecule is CCCCOC(=O)CCCCC(=O)OCCCCO. The number of carbonyl (C=O) groups is 2. The van der Waals surface area contributed by atoms with Crippen LogP contribution in [0.5, 0.6) is 0 Å². The highest BCUT2D eigenvalue weighted by molar-refractivity contribution is 5.70. The molecule has 0 aliphatic heterocycles. The molecule has 0 aromatic heterocycles. The van der Waals surface area contributed by atoms with Crippen molar-refractivity contribution in [3.05, 3.63) is 0 Å². The quantitative estimate of drug-likeness (QED) is 0.436. The van der Waals surface area contributed by atoms with E-state index in [4.69, 9.17) is 14.6 Å². The molecular weight excluding hydrogens is 248 g/mol. The Balaban J connectivity index is 3.32. The normalized spacial score (nSPS) is 10.2. The fourth-order valence-electron chi connectivity index (χ4n) is 1.41. The van der Waals surface area contributed by atoms with Crippen LogP contribution in [0.3, 0.4) is 0 Å². The van der Waals surface area contributed by atoms with Gasteiger partial charge in [-0.1, -0.05) is 13.3 Å².